The number of rotatable bonds is 8. The third-order valence-electron chi connectivity index (χ3n) is 4.96. The predicted octanol–water partition coefficient (Wildman–Crippen LogP) is 4.06. The predicted molar refractivity (Wildman–Crippen MR) is 117 cm³/mol. The van der Waals surface area contributed by atoms with Crippen LogP contribution in [0.4, 0.5) is 29.3 Å². The number of hydrogen-bond acceptors (Lipinski definition) is 5. The molecule has 2 aromatic rings. The Balaban J connectivity index is 1.53. The molecule has 1 saturated heterocycles. The Morgan fingerprint density at radius 1 is 1.00 bits per heavy atom. The van der Waals surface area contributed by atoms with E-state index in [-0.39, 0.29) is 11.6 Å². The highest BCUT2D eigenvalue weighted by atomic mass is 19.4. The molecular weight excluding hydrogens is 441 g/mol. The lowest BCUT2D eigenvalue weighted by Crippen LogP contribution is -2.33. The summed E-state index contributed by atoms with van der Waals surface area (Å²) in [4.78, 5) is 27.0. The molecule has 3 rings (SSSR count). The van der Waals surface area contributed by atoms with E-state index in [0.29, 0.717) is 23.5 Å². The molecule has 0 atom stereocenters. The van der Waals surface area contributed by atoms with Crippen molar-refractivity contribution in [3.05, 3.63) is 48.0 Å². The number of carbonyl (C=O) groups is 2. The van der Waals surface area contributed by atoms with E-state index in [1.807, 2.05) is 0 Å². The van der Waals surface area contributed by atoms with Crippen LogP contribution in [-0.4, -0.2) is 56.5 Å². The van der Waals surface area contributed by atoms with Crippen molar-refractivity contribution in [2.45, 2.75) is 19.2 Å². The van der Waals surface area contributed by atoms with Gasteiger partial charge in [0.15, 0.2) is 0 Å². The molecule has 0 bridgehead atoms. The number of nitrogens with one attached hydrogen (secondary N) is 3. The van der Waals surface area contributed by atoms with Gasteiger partial charge >= 0.3 is 12.4 Å². The van der Waals surface area contributed by atoms with Crippen molar-refractivity contribution in [2.24, 2.45) is 0 Å². The van der Waals surface area contributed by atoms with Gasteiger partial charge in [-0.15, -0.1) is 13.2 Å². The van der Waals surface area contributed by atoms with Crippen molar-refractivity contribution in [3.63, 3.8) is 0 Å². The minimum absolute atomic E-state index is 0.267. The summed E-state index contributed by atoms with van der Waals surface area (Å²) in [5.41, 5.74) is 0.975. The van der Waals surface area contributed by atoms with Crippen LogP contribution in [0.1, 0.15) is 23.2 Å². The Morgan fingerprint density at radius 2 is 1.64 bits per heavy atom. The van der Waals surface area contributed by atoms with E-state index in [1.165, 1.54) is 38.2 Å². The number of amides is 3. The van der Waals surface area contributed by atoms with Crippen LogP contribution in [0.3, 0.4) is 0 Å². The molecule has 0 aliphatic carbocycles. The zero-order valence-electron chi connectivity index (χ0n) is 18.0. The molecule has 8 nitrogen and oxygen atoms in total. The minimum Gasteiger partial charge on any atom is -0.496 e. The second kappa shape index (κ2) is 10.9. The molecule has 0 radical (unpaired) electrons. The molecule has 2 aromatic carbocycles. The Bertz CT molecular complexity index is 961. The van der Waals surface area contributed by atoms with Gasteiger partial charge in [-0.05, 0) is 62.3 Å². The van der Waals surface area contributed by atoms with Gasteiger partial charge in [-0.3, -0.25) is 4.79 Å². The summed E-state index contributed by atoms with van der Waals surface area (Å²) in [5.74, 6) is -0.379. The number of hydrogen-bond donors (Lipinski definition) is 3. The van der Waals surface area contributed by atoms with Crippen molar-refractivity contribution < 1.29 is 32.2 Å². The molecule has 1 fully saturated rings. The monoisotopic (exact) mass is 466 g/mol. The maximum Gasteiger partial charge on any atom is 0.573 e. The molecule has 1 heterocycles. The molecule has 33 heavy (non-hydrogen) atoms. The van der Waals surface area contributed by atoms with Crippen molar-refractivity contribution in [1.29, 1.82) is 0 Å². The van der Waals surface area contributed by atoms with Crippen LogP contribution in [0.2, 0.25) is 0 Å². The summed E-state index contributed by atoms with van der Waals surface area (Å²) in [7, 11) is 1.42. The average Bonchev–Trinajstić information content (AvgIpc) is 3.27. The van der Waals surface area contributed by atoms with Crippen molar-refractivity contribution in [3.8, 4) is 11.5 Å². The number of methoxy groups -OCH3 is 1. The van der Waals surface area contributed by atoms with Crippen LogP contribution < -0.4 is 25.4 Å². The van der Waals surface area contributed by atoms with Crippen molar-refractivity contribution >= 4 is 23.3 Å². The number of urea groups is 1. The Hall–Kier alpha value is -3.47. The number of nitrogens with zero attached hydrogens (tertiary/aromatic N) is 1. The number of anilines is 2. The number of halogens is 3. The van der Waals surface area contributed by atoms with Gasteiger partial charge in [-0.2, -0.15) is 0 Å². The van der Waals surface area contributed by atoms with Crippen molar-refractivity contribution in [1.82, 2.24) is 10.2 Å². The molecule has 0 unspecified atom stereocenters. The van der Waals surface area contributed by atoms with Gasteiger partial charge in [0.05, 0.1) is 12.7 Å². The first-order chi connectivity index (χ1) is 15.7. The normalized spacial score (nSPS) is 13.9. The van der Waals surface area contributed by atoms with Gasteiger partial charge in [0.1, 0.15) is 11.5 Å². The second-order valence-corrected chi connectivity index (χ2v) is 7.37. The van der Waals surface area contributed by atoms with Crippen LogP contribution in [0.5, 0.6) is 11.5 Å². The summed E-state index contributed by atoms with van der Waals surface area (Å²) >= 11 is 0. The summed E-state index contributed by atoms with van der Waals surface area (Å²) < 4.78 is 45.7. The van der Waals surface area contributed by atoms with Crippen molar-refractivity contribution in [2.75, 3.05) is 43.9 Å². The zero-order chi connectivity index (χ0) is 23.8. The van der Waals surface area contributed by atoms with Gasteiger partial charge in [0, 0.05) is 30.5 Å². The van der Waals surface area contributed by atoms with E-state index >= 15 is 0 Å². The van der Waals surface area contributed by atoms with Crippen LogP contribution >= 0.6 is 0 Å². The standard InChI is InChI=1S/C22H25F3N4O4/c1-32-19-14-16(6-9-18(19)20(30)26-10-13-29-11-2-3-12-29)28-21(31)27-15-4-7-17(8-5-15)33-22(23,24)25/h4-9,14H,2-3,10-13H2,1H3,(H,26,30)(H2,27,28,31). The first-order valence-corrected chi connectivity index (χ1v) is 10.4. The first kappa shape index (κ1) is 24.2. The molecular formula is C22H25F3N4O4. The third-order valence-corrected chi connectivity index (χ3v) is 4.96. The second-order valence-electron chi connectivity index (χ2n) is 7.37. The number of ether oxygens (including phenoxy) is 2. The highest BCUT2D eigenvalue weighted by Gasteiger charge is 2.31. The summed E-state index contributed by atoms with van der Waals surface area (Å²) in [6, 6.07) is 8.71. The van der Waals surface area contributed by atoms with Crippen LogP contribution in [0.25, 0.3) is 0 Å². The molecule has 178 valence electrons. The fourth-order valence-corrected chi connectivity index (χ4v) is 3.42. The van der Waals surface area contributed by atoms with Gasteiger partial charge in [0.2, 0.25) is 0 Å². The quantitative estimate of drug-likeness (QED) is 0.546. The van der Waals surface area contributed by atoms with Crippen LogP contribution in [-0.2, 0) is 0 Å². The van der Waals surface area contributed by atoms with E-state index in [4.69, 9.17) is 4.74 Å². The summed E-state index contributed by atoms with van der Waals surface area (Å²) in [6.45, 7) is 3.41. The fraction of sp³-hybridized carbons (Fsp3) is 0.364. The van der Waals surface area contributed by atoms with Gasteiger partial charge < -0.3 is 30.3 Å². The lowest BCUT2D eigenvalue weighted by Gasteiger charge is -2.16. The largest absolute Gasteiger partial charge is 0.573 e. The van der Waals surface area contributed by atoms with Gasteiger partial charge in [0.25, 0.3) is 5.91 Å². The molecule has 0 aromatic heterocycles. The Kier molecular flexibility index (Phi) is 7.99. The minimum atomic E-state index is -4.79. The number of carbonyl (C=O) groups excluding carboxylic acids is 2. The fourth-order valence-electron chi connectivity index (χ4n) is 3.42. The van der Waals surface area contributed by atoms with E-state index in [2.05, 4.69) is 25.6 Å². The highest BCUT2D eigenvalue weighted by Crippen LogP contribution is 2.25. The number of benzene rings is 2. The lowest BCUT2D eigenvalue weighted by atomic mass is 10.1. The maximum atomic E-state index is 12.5. The highest BCUT2D eigenvalue weighted by molar-refractivity contribution is 6.01. The number of likely N-dealkylation sites (tertiary alicyclic amines) is 1. The van der Waals surface area contributed by atoms with Crippen LogP contribution in [0.15, 0.2) is 42.5 Å². The molecule has 1 aliphatic rings. The first-order valence-electron chi connectivity index (χ1n) is 10.4. The van der Waals surface area contributed by atoms with Gasteiger partial charge in [-0.1, -0.05) is 0 Å². The zero-order valence-corrected chi connectivity index (χ0v) is 18.0. The Morgan fingerprint density at radius 3 is 2.27 bits per heavy atom. The average molecular weight is 466 g/mol. The summed E-state index contributed by atoms with van der Waals surface area (Å²) in [6.07, 6.45) is -2.43. The van der Waals surface area contributed by atoms with Crippen LogP contribution in [0, 0.1) is 0 Å². The smallest absolute Gasteiger partial charge is 0.496 e. The molecule has 0 spiro atoms. The van der Waals surface area contributed by atoms with E-state index in [0.717, 1.165) is 31.8 Å². The number of alkyl halides is 3. The molecule has 1 aliphatic heterocycles. The summed E-state index contributed by atoms with van der Waals surface area (Å²) in [5, 5.41) is 7.95. The third kappa shape index (κ3) is 7.56. The Labute approximate surface area is 189 Å². The molecule has 3 N–H and O–H groups in total. The molecule has 11 heteroatoms. The van der Waals surface area contributed by atoms with Gasteiger partial charge in [-0.25, -0.2) is 4.79 Å². The van der Waals surface area contributed by atoms with E-state index < -0.39 is 18.1 Å². The SMILES string of the molecule is COc1cc(NC(=O)Nc2ccc(OC(F)(F)F)cc2)ccc1C(=O)NCCN1CCCC1. The topological polar surface area (TPSA) is 91.9 Å². The van der Waals surface area contributed by atoms with E-state index in [9.17, 15) is 22.8 Å². The molecule has 0 saturated carbocycles. The lowest BCUT2D eigenvalue weighted by molar-refractivity contribution is -0.274. The maximum absolute atomic E-state index is 12.5. The molecule has 3 amide bonds. The van der Waals surface area contributed by atoms with E-state index in [1.54, 1.807) is 12.1 Å².